The molecule has 3 rings (SSSR count). The number of carbonyl (C=O) groups is 3. The first-order valence-electron chi connectivity index (χ1n) is 6.48. The topological polar surface area (TPSA) is 86.7 Å². The minimum absolute atomic E-state index is 0.121. The molecule has 0 bridgehead atoms. The highest BCUT2D eigenvalue weighted by molar-refractivity contribution is 6.18. The predicted molar refractivity (Wildman–Crippen MR) is 69.9 cm³/mol. The Morgan fingerprint density at radius 2 is 1.80 bits per heavy atom. The molecule has 2 saturated heterocycles. The van der Waals surface area contributed by atoms with Gasteiger partial charge in [-0.2, -0.15) is 0 Å². The van der Waals surface area contributed by atoms with Gasteiger partial charge in [0.1, 0.15) is 11.2 Å². The third kappa shape index (κ3) is 1.76. The molecule has 0 aromatic heterocycles. The number of hydrogen-bond donors (Lipinski definition) is 2. The predicted octanol–water partition coefficient (Wildman–Crippen LogP) is 0.552. The van der Waals surface area contributed by atoms with Crippen LogP contribution in [0.5, 0.6) is 5.75 Å². The molecule has 1 spiro atoms. The summed E-state index contributed by atoms with van der Waals surface area (Å²) in [5.74, 6) is -0.958. The van der Waals surface area contributed by atoms with Crippen molar-refractivity contribution in [1.82, 2.24) is 5.32 Å². The molecule has 6 nitrogen and oxygen atoms in total. The van der Waals surface area contributed by atoms with Gasteiger partial charge in [0, 0.05) is 18.7 Å². The van der Waals surface area contributed by atoms with Gasteiger partial charge in [-0.05, 0) is 37.1 Å². The number of phenols is 1. The fourth-order valence-electron chi connectivity index (χ4n) is 2.84. The van der Waals surface area contributed by atoms with E-state index >= 15 is 0 Å². The van der Waals surface area contributed by atoms with Gasteiger partial charge >= 0.3 is 0 Å². The summed E-state index contributed by atoms with van der Waals surface area (Å²) in [4.78, 5) is 37.4. The maximum Gasteiger partial charge on any atom is 0.242 e. The zero-order chi connectivity index (χ0) is 14.3. The van der Waals surface area contributed by atoms with Crippen LogP contribution in [0, 0.1) is 5.41 Å². The third-order valence-corrected chi connectivity index (χ3v) is 4.04. The number of hydrogen-bond acceptors (Lipinski definition) is 4. The Hall–Kier alpha value is -2.37. The van der Waals surface area contributed by atoms with Crippen molar-refractivity contribution in [3.8, 4) is 5.75 Å². The van der Waals surface area contributed by atoms with E-state index in [1.165, 1.54) is 17.0 Å². The molecule has 0 aliphatic carbocycles. The normalized spacial score (nSPS) is 26.2. The summed E-state index contributed by atoms with van der Waals surface area (Å²) in [5, 5.41) is 11.5. The Bertz CT molecular complexity index is 596. The van der Waals surface area contributed by atoms with E-state index in [-0.39, 0.29) is 30.4 Å². The molecule has 0 saturated carbocycles. The van der Waals surface area contributed by atoms with Gasteiger partial charge in [0.2, 0.25) is 17.7 Å². The lowest BCUT2D eigenvalue weighted by Crippen LogP contribution is -2.52. The van der Waals surface area contributed by atoms with Crippen LogP contribution >= 0.6 is 0 Å². The quantitative estimate of drug-likeness (QED) is 0.578. The number of imide groups is 1. The van der Waals surface area contributed by atoms with Crippen molar-refractivity contribution in [3.63, 3.8) is 0 Å². The number of nitrogens with one attached hydrogen (secondary N) is 1. The summed E-state index contributed by atoms with van der Waals surface area (Å²) in [6.45, 7) is 0.436. The lowest BCUT2D eigenvalue weighted by Gasteiger charge is -2.29. The van der Waals surface area contributed by atoms with Gasteiger partial charge in [-0.3, -0.25) is 19.7 Å². The second-order valence-electron chi connectivity index (χ2n) is 5.18. The van der Waals surface area contributed by atoms with Crippen LogP contribution in [0.4, 0.5) is 5.69 Å². The molecule has 1 aromatic rings. The molecule has 104 valence electrons. The molecule has 2 heterocycles. The Labute approximate surface area is 115 Å². The molecule has 6 heteroatoms. The molecule has 2 aliphatic rings. The maximum absolute atomic E-state index is 12.6. The zero-order valence-corrected chi connectivity index (χ0v) is 10.8. The van der Waals surface area contributed by atoms with Crippen molar-refractivity contribution in [3.05, 3.63) is 24.3 Å². The minimum Gasteiger partial charge on any atom is -0.508 e. The summed E-state index contributed by atoms with van der Waals surface area (Å²) in [7, 11) is 0. The molecule has 1 unspecified atom stereocenters. The van der Waals surface area contributed by atoms with E-state index in [0.29, 0.717) is 18.7 Å². The number of carbonyl (C=O) groups excluding carboxylic acids is 3. The monoisotopic (exact) mass is 274 g/mol. The SMILES string of the molecule is O=C1CCC2(CCN(c3ccc(O)cc3)C2=O)C(=O)N1. The molecule has 3 amide bonds. The number of benzene rings is 1. The van der Waals surface area contributed by atoms with E-state index in [9.17, 15) is 19.5 Å². The Balaban J connectivity index is 1.89. The second kappa shape index (κ2) is 4.33. The Morgan fingerprint density at radius 1 is 1.10 bits per heavy atom. The van der Waals surface area contributed by atoms with E-state index in [1.807, 2.05) is 0 Å². The first-order valence-corrected chi connectivity index (χ1v) is 6.48. The van der Waals surface area contributed by atoms with Gasteiger partial charge in [0.15, 0.2) is 0 Å². The van der Waals surface area contributed by atoms with Crippen LogP contribution in [0.25, 0.3) is 0 Å². The van der Waals surface area contributed by atoms with Gasteiger partial charge in [-0.1, -0.05) is 0 Å². The highest BCUT2D eigenvalue weighted by Crippen LogP contribution is 2.40. The van der Waals surface area contributed by atoms with Gasteiger partial charge in [0.05, 0.1) is 0 Å². The number of nitrogens with zero attached hydrogens (tertiary/aromatic N) is 1. The highest BCUT2D eigenvalue weighted by Gasteiger charge is 2.54. The fourth-order valence-corrected chi connectivity index (χ4v) is 2.84. The van der Waals surface area contributed by atoms with Gasteiger partial charge < -0.3 is 10.0 Å². The van der Waals surface area contributed by atoms with Crippen LogP contribution in [0.2, 0.25) is 0 Å². The molecule has 1 aromatic carbocycles. The maximum atomic E-state index is 12.6. The lowest BCUT2D eigenvalue weighted by molar-refractivity contribution is -0.146. The van der Waals surface area contributed by atoms with Crippen LogP contribution in [-0.2, 0) is 14.4 Å². The smallest absolute Gasteiger partial charge is 0.242 e. The highest BCUT2D eigenvalue weighted by atomic mass is 16.3. The number of rotatable bonds is 1. The molecule has 1 atom stereocenters. The van der Waals surface area contributed by atoms with Gasteiger partial charge in [-0.25, -0.2) is 0 Å². The second-order valence-corrected chi connectivity index (χ2v) is 5.18. The number of aromatic hydroxyl groups is 1. The fraction of sp³-hybridized carbons (Fsp3) is 0.357. The number of anilines is 1. The van der Waals surface area contributed by atoms with Crippen molar-refractivity contribution in [2.45, 2.75) is 19.3 Å². The van der Waals surface area contributed by atoms with Crippen molar-refractivity contribution in [2.75, 3.05) is 11.4 Å². The molecule has 2 fully saturated rings. The van der Waals surface area contributed by atoms with E-state index in [1.54, 1.807) is 12.1 Å². The molecule has 20 heavy (non-hydrogen) atoms. The molecule has 0 radical (unpaired) electrons. The summed E-state index contributed by atoms with van der Waals surface area (Å²) < 4.78 is 0. The number of piperidine rings is 1. The molecular weight excluding hydrogens is 260 g/mol. The van der Waals surface area contributed by atoms with Crippen molar-refractivity contribution in [2.24, 2.45) is 5.41 Å². The van der Waals surface area contributed by atoms with Crippen molar-refractivity contribution in [1.29, 1.82) is 0 Å². The molecule has 2 aliphatic heterocycles. The van der Waals surface area contributed by atoms with Crippen molar-refractivity contribution >= 4 is 23.4 Å². The first-order chi connectivity index (χ1) is 9.53. The minimum atomic E-state index is -1.11. The lowest BCUT2D eigenvalue weighted by atomic mass is 9.78. The molecular formula is C14H14N2O4. The average Bonchev–Trinajstić information content (AvgIpc) is 2.74. The van der Waals surface area contributed by atoms with E-state index in [0.717, 1.165) is 0 Å². The number of amides is 3. The van der Waals surface area contributed by atoms with E-state index < -0.39 is 11.3 Å². The van der Waals surface area contributed by atoms with Crippen molar-refractivity contribution < 1.29 is 19.5 Å². The third-order valence-electron chi connectivity index (χ3n) is 4.04. The number of phenolic OH excluding ortho intramolecular Hbond substituents is 1. The van der Waals surface area contributed by atoms with Crippen LogP contribution < -0.4 is 10.2 Å². The largest absolute Gasteiger partial charge is 0.508 e. The Kier molecular flexibility index (Phi) is 2.74. The van der Waals surface area contributed by atoms with Gasteiger partial charge in [-0.15, -0.1) is 0 Å². The summed E-state index contributed by atoms with van der Waals surface area (Å²) in [6, 6.07) is 6.27. The van der Waals surface area contributed by atoms with E-state index in [4.69, 9.17) is 0 Å². The first kappa shape index (κ1) is 12.7. The molecule has 2 N–H and O–H groups in total. The van der Waals surface area contributed by atoms with Crippen LogP contribution in [0.3, 0.4) is 0 Å². The summed E-state index contributed by atoms with van der Waals surface area (Å²) in [5.41, 5.74) is -0.458. The Morgan fingerprint density at radius 3 is 2.45 bits per heavy atom. The summed E-state index contributed by atoms with van der Waals surface area (Å²) in [6.07, 6.45) is 0.873. The van der Waals surface area contributed by atoms with Gasteiger partial charge in [0.25, 0.3) is 0 Å². The average molecular weight is 274 g/mol. The standard InChI is InChI=1S/C14H14N2O4/c17-10-3-1-9(2-4-10)16-8-7-14(13(16)20)6-5-11(18)15-12(14)19/h1-4,17H,5-8H2,(H,15,18,19). The van der Waals surface area contributed by atoms with Crippen LogP contribution in [-0.4, -0.2) is 29.4 Å². The van der Waals surface area contributed by atoms with Crippen LogP contribution in [0.15, 0.2) is 24.3 Å². The zero-order valence-electron chi connectivity index (χ0n) is 10.8. The van der Waals surface area contributed by atoms with E-state index in [2.05, 4.69) is 5.32 Å². The van der Waals surface area contributed by atoms with Crippen LogP contribution in [0.1, 0.15) is 19.3 Å². The summed E-state index contributed by atoms with van der Waals surface area (Å²) >= 11 is 0.